The molecule has 0 saturated heterocycles. The Morgan fingerprint density at radius 3 is 2.25 bits per heavy atom. The third-order valence-electron chi connectivity index (χ3n) is 2.71. The van der Waals surface area contributed by atoms with Gasteiger partial charge in [0.25, 0.3) is 0 Å². The zero-order valence-electron chi connectivity index (χ0n) is 9.11. The van der Waals surface area contributed by atoms with Gasteiger partial charge in [-0.15, -0.1) is 0 Å². The lowest BCUT2D eigenvalue weighted by atomic mass is 9.98. The highest BCUT2D eigenvalue weighted by Gasteiger charge is 2.34. The highest BCUT2D eigenvalue weighted by atomic mass is 35.5. The molecule has 3 nitrogen and oxygen atoms in total. The Labute approximate surface area is 102 Å². The van der Waals surface area contributed by atoms with Crippen molar-refractivity contribution in [3.63, 3.8) is 0 Å². The van der Waals surface area contributed by atoms with E-state index in [0.29, 0.717) is 11.4 Å². The first-order valence-corrected chi connectivity index (χ1v) is 6.77. The van der Waals surface area contributed by atoms with E-state index in [0.717, 1.165) is 5.56 Å². The van der Waals surface area contributed by atoms with Crippen LogP contribution in [0.15, 0.2) is 24.3 Å². The number of hydrogen-bond acceptors (Lipinski definition) is 2. The second kappa shape index (κ2) is 4.73. The van der Waals surface area contributed by atoms with Crippen LogP contribution in [0.25, 0.3) is 0 Å². The second-order valence-electron chi connectivity index (χ2n) is 4.05. The van der Waals surface area contributed by atoms with Crippen LogP contribution in [0.5, 0.6) is 0 Å². The van der Waals surface area contributed by atoms with Crippen LogP contribution in [0.2, 0.25) is 5.02 Å². The van der Waals surface area contributed by atoms with Crippen LogP contribution < -0.4 is 5.14 Å². The molecule has 0 fully saturated rings. The Morgan fingerprint density at radius 2 is 1.88 bits per heavy atom. The average Bonchev–Trinajstić information content (AvgIpc) is 2.19. The number of primary sulfonamides is 1. The van der Waals surface area contributed by atoms with Gasteiger partial charge in [0.2, 0.25) is 10.0 Å². The molecule has 89 valence electrons. The van der Waals surface area contributed by atoms with E-state index in [2.05, 4.69) is 6.92 Å². The van der Waals surface area contributed by atoms with Crippen LogP contribution in [0.4, 0.5) is 0 Å². The van der Waals surface area contributed by atoms with Crippen molar-refractivity contribution in [1.82, 2.24) is 0 Å². The summed E-state index contributed by atoms with van der Waals surface area (Å²) in [7, 11) is -3.62. The number of nitrogens with two attached hydrogens (primary N) is 1. The molecular formula is C11H15ClNO2S. The summed E-state index contributed by atoms with van der Waals surface area (Å²) in [4.78, 5) is 0. The lowest BCUT2D eigenvalue weighted by molar-refractivity contribution is 0.526. The molecule has 1 radical (unpaired) electrons. The van der Waals surface area contributed by atoms with E-state index in [9.17, 15) is 8.42 Å². The fourth-order valence-corrected chi connectivity index (χ4v) is 2.14. The molecule has 0 saturated carbocycles. The molecule has 0 bridgehead atoms. The quantitative estimate of drug-likeness (QED) is 0.902. The molecule has 1 aromatic rings. The summed E-state index contributed by atoms with van der Waals surface area (Å²) in [5.74, 6) is 0. The first-order valence-electron chi connectivity index (χ1n) is 4.84. The number of halogens is 1. The van der Waals surface area contributed by atoms with Gasteiger partial charge in [0, 0.05) is 5.02 Å². The van der Waals surface area contributed by atoms with Crippen molar-refractivity contribution in [2.75, 3.05) is 0 Å². The van der Waals surface area contributed by atoms with Crippen LogP contribution >= 0.6 is 11.6 Å². The van der Waals surface area contributed by atoms with E-state index < -0.39 is 14.8 Å². The lowest BCUT2D eigenvalue weighted by Crippen LogP contribution is -2.42. The summed E-state index contributed by atoms with van der Waals surface area (Å²) in [5, 5.41) is 5.83. The van der Waals surface area contributed by atoms with E-state index >= 15 is 0 Å². The van der Waals surface area contributed by atoms with Crippen LogP contribution in [-0.2, 0) is 16.4 Å². The Kier molecular flexibility index (Phi) is 3.99. The summed E-state index contributed by atoms with van der Waals surface area (Å²) in [5.41, 5.74) is 0.879. The first-order chi connectivity index (χ1) is 7.28. The zero-order valence-corrected chi connectivity index (χ0v) is 10.7. The van der Waals surface area contributed by atoms with Crippen LogP contribution in [0, 0.1) is 6.92 Å². The van der Waals surface area contributed by atoms with Crippen LogP contribution in [-0.4, -0.2) is 13.2 Å². The molecule has 16 heavy (non-hydrogen) atoms. The Hall–Kier alpha value is -0.580. The SMILES string of the molecule is [CH2]CC(C)(Cc1ccc(Cl)cc1)S(N)(=O)=O. The zero-order chi connectivity index (χ0) is 12.4. The van der Waals surface area contributed by atoms with Gasteiger partial charge in [0.15, 0.2) is 0 Å². The smallest absolute Gasteiger partial charge is 0.214 e. The number of hydrogen-bond donors (Lipinski definition) is 1. The molecule has 1 unspecified atom stereocenters. The molecule has 0 spiro atoms. The minimum absolute atomic E-state index is 0.231. The third-order valence-corrected chi connectivity index (χ3v) is 4.68. The number of benzene rings is 1. The summed E-state index contributed by atoms with van der Waals surface area (Å²) >= 11 is 5.75. The molecule has 1 rings (SSSR count). The maximum Gasteiger partial charge on any atom is 0.214 e. The summed E-state index contributed by atoms with van der Waals surface area (Å²) in [6, 6.07) is 7.04. The summed E-state index contributed by atoms with van der Waals surface area (Å²) in [6.45, 7) is 5.25. The maximum atomic E-state index is 11.5. The molecule has 0 aliphatic rings. The monoisotopic (exact) mass is 260 g/mol. The van der Waals surface area contributed by atoms with E-state index in [1.54, 1.807) is 31.2 Å². The normalized spacial score (nSPS) is 15.8. The van der Waals surface area contributed by atoms with Gasteiger partial charge in [-0.25, -0.2) is 13.6 Å². The van der Waals surface area contributed by atoms with Gasteiger partial charge in [-0.3, -0.25) is 0 Å². The molecule has 0 amide bonds. The minimum atomic E-state index is -3.62. The summed E-state index contributed by atoms with van der Waals surface area (Å²) in [6.07, 6.45) is 0.570. The molecule has 5 heteroatoms. The Bertz CT molecular complexity index is 455. The minimum Gasteiger partial charge on any atom is -0.228 e. The van der Waals surface area contributed by atoms with E-state index in [1.165, 1.54) is 0 Å². The molecule has 0 aliphatic carbocycles. The Morgan fingerprint density at radius 1 is 1.38 bits per heavy atom. The predicted octanol–water partition coefficient (Wildman–Crippen LogP) is 2.15. The van der Waals surface area contributed by atoms with Crippen molar-refractivity contribution in [2.45, 2.75) is 24.5 Å². The van der Waals surface area contributed by atoms with Gasteiger partial charge >= 0.3 is 0 Å². The highest BCUT2D eigenvalue weighted by molar-refractivity contribution is 7.90. The topological polar surface area (TPSA) is 60.2 Å². The predicted molar refractivity (Wildman–Crippen MR) is 66.6 cm³/mol. The number of sulfonamides is 1. The molecule has 1 aromatic carbocycles. The third kappa shape index (κ3) is 2.97. The largest absolute Gasteiger partial charge is 0.228 e. The van der Waals surface area contributed by atoms with Gasteiger partial charge in [0.1, 0.15) is 0 Å². The standard InChI is InChI=1S/C11H15ClNO2S/c1-3-11(2,16(13,14)15)8-9-4-6-10(12)7-5-9/h4-7H,1,3,8H2,2H3,(H2,13,14,15). The van der Waals surface area contributed by atoms with Crippen molar-refractivity contribution >= 4 is 21.6 Å². The van der Waals surface area contributed by atoms with Crippen molar-refractivity contribution in [3.8, 4) is 0 Å². The highest BCUT2D eigenvalue weighted by Crippen LogP contribution is 2.24. The van der Waals surface area contributed by atoms with Crippen molar-refractivity contribution in [1.29, 1.82) is 0 Å². The fourth-order valence-electron chi connectivity index (χ4n) is 1.37. The van der Waals surface area contributed by atoms with Gasteiger partial charge in [0.05, 0.1) is 4.75 Å². The second-order valence-corrected chi connectivity index (χ2v) is 6.56. The molecular weight excluding hydrogens is 246 g/mol. The average molecular weight is 261 g/mol. The van der Waals surface area contributed by atoms with Gasteiger partial charge in [-0.1, -0.05) is 30.7 Å². The number of rotatable bonds is 4. The van der Waals surface area contributed by atoms with E-state index in [1.807, 2.05) is 0 Å². The van der Waals surface area contributed by atoms with Crippen molar-refractivity contribution in [3.05, 3.63) is 41.8 Å². The molecule has 0 aromatic heterocycles. The first kappa shape index (κ1) is 13.5. The van der Waals surface area contributed by atoms with Crippen molar-refractivity contribution in [2.24, 2.45) is 5.14 Å². The van der Waals surface area contributed by atoms with Crippen molar-refractivity contribution < 1.29 is 8.42 Å². The maximum absolute atomic E-state index is 11.5. The fraction of sp³-hybridized carbons (Fsp3) is 0.364. The molecule has 0 aliphatic heterocycles. The van der Waals surface area contributed by atoms with Crippen LogP contribution in [0.1, 0.15) is 18.9 Å². The molecule has 1 atom stereocenters. The molecule has 0 heterocycles. The van der Waals surface area contributed by atoms with Gasteiger partial charge in [-0.05, 0) is 37.5 Å². The summed E-state index contributed by atoms with van der Waals surface area (Å²) < 4.78 is 21.9. The lowest BCUT2D eigenvalue weighted by Gasteiger charge is -2.25. The molecule has 2 N–H and O–H groups in total. The van der Waals surface area contributed by atoms with Gasteiger partial charge < -0.3 is 0 Å². The van der Waals surface area contributed by atoms with Crippen LogP contribution in [0.3, 0.4) is 0 Å². The van der Waals surface area contributed by atoms with E-state index in [-0.39, 0.29) is 6.42 Å². The Balaban J connectivity index is 2.99. The van der Waals surface area contributed by atoms with E-state index in [4.69, 9.17) is 16.7 Å². The van der Waals surface area contributed by atoms with Gasteiger partial charge in [-0.2, -0.15) is 0 Å².